The van der Waals surface area contributed by atoms with Gasteiger partial charge in [-0.05, 0) is 29.5 Å². The molecule has 3 aromatic rings. The molecule has 0 saturated heterocycles. The molecule has 0 fully saturated rings. The van der Waals surface area contributed by atoms with Crippen molar-refractivity contribution in [3.05, 3.63) is 58.3 Å². The molecule has 1 nitrogen and oxygen atoms in total. The summed E-state index contributed by atoms with van der Waals surface area (Å²) in [7, 11) is 0. The highest BCUT2D eigenvalue weighted by atomic mass is 32.1. The third-order valence-corrected chi connectivity index (χ3v) is 5.05. The van der Waals surface area contributed by atoms with Crippen molar-refractivity contribution in [3.63, 3.8) is 0 Å². The predicted molar refractivity (Wildman–Crippen MR) is 76.8 cm³/mol. The van der Waals surface area contributed by atoms with Crippen molar-refractivity contribution >= 4 is 32.1 Å². The highest BCUT2D eigenvalue weighted by molar-refractivity contribution is 7.26. The number of hydrogen-bond donors (Lipinski definition) is 1. The molecule has 3 rings (SSSR count). The zero-order valence-electron chi connectivity index (χ0n) is 9.30. The molecule has 2 N–H and O–H groups in total. The Morgan fingerprint density at radius 1 is 1.06 bits per heavy atom. The van der Waals surface area contributed by atoms with Crippen molar-refractivity contribution in [2.24, 2.45) is 5.73 Å². The topological polar surface area (TPSA) is 26.0 Å². The van der Waals surface area contributed by atoms with Crippen LogP contribution in [0.4, 0.5) is 0 Å². The van der Waals surface area contributed by atoms with E-state index in [1.807, 2.05) is 17.4 Å². The summed E-state index contributed by atoms with van der Waals surface area (Å²) in [6.45, 7) is 0. The number of rotatable bonds is 3. The van der Waals surface area contributed by atoms with Crippen LogP contribution in [-0.2, 0) is 6.42 Å². The Kier molecular flexibility index (Phi) is 2.97. The average molecular weight is 259 g/mol. The number of fused-ring (bicyclic) bond motifs is 1. The first-order valence-corrected chi connectivity index (χ1v) is 7.29. The monoisotopic (exact) mass is 259 g/mol. The Labute approximate surface area is 109 Å². The molecule has 1 atom stereocenters. The van der Waals surface area contributed by atoms with Crippen molar-refractivity contribution in [3.8, 4) is 0 Å². The van der Waals surface area contributed by atoms with Gasteiger partial charge in [0, 0.05) is 20.3 Å². The molecule has 17 heavy (non-hydrogen) atoms. The number of hydrogen-bond acceptors (Lipinski definition) is 3. The third-order valence-electron chi connectivity index (χ3n) is 2.82. The molecule has 0 bridgehead atoms. The summed E-state index contributed by atoms with van der Waals surface area (Å²) in [4.78, 5) is 1.29. The van der Waals surface area contributed by atoms with Crippen LogP contribution in [0.15, 0.2) is 47.8 Å². The Bertz CT molecular complexity index is 581. The summed E-state index contributed by atoms with van der Waals surface area (Å²) >= 11 is 3.60. The van der Waals surface area contributed by atoms with E-state index in [2.05, 4.69) is 41.8 Å². The van der Waals surface area contributed by atoms with Crippen LogP contribution in [-0.4, -0.2) is 0 Å². The molecule has 0 amide bonds. The second kappa shape index (κ2) is 4.61. The summed E-state index contributed by atoms with van der Waals surface area (Å²) in [5.41, 5.74) is 7.57. The van der Waals surface area contributed by atoms with E-state index >= 15 is 0 Å². The van der Waals surface area contributed by atoms with Gasteiger partial charge >= 0.3 is 0 Å². The van der Waals surface area contributed by atoms with Crippen LogP contribution in [0.3, 0.4) is 0 Å². The van der Waals surface area contributed by atoms with Gasteiger partial charge in [0.15, 0.2) is 0 Å². The first-order chi connectivity index (χ1) is 8.33. The summed E-state index contributed by atoms with van der Waals surface area (Å²) in [5.74, 6) is 0. The molecule has 1 unspecified atom stereocenters. The van der Waals surface area contributed by atoms with E-state index < -0.39 is 0 Å². The van der Waals surface area contributed by atoms with Crippen molar-refractivity contribution in [1.29, 1.82) is 0 Å². The van der Waals surface area contributed by atoms with Crippen LogP contribution in [0.1, 0.15) is 16.5 Å². The van der Waals surface area contributed by atoms with E-state index in [0.717, 1.165) is 6.42 Å². The fraction of sp³-hybridized carbons (Fsp3) is 0.143. The molecule has 0 aliphatic heterocycles. The first kappa shape index (κ1) is 11.0. The minimum absolute atomic E-state index is 0.113. The SMILES string of the molecule is NC(Cc1ccccc1)c1cc2sccc2s1. The summed E-state index contributed by atoms with van der Waals surface area (Å²) < 4.78 is 2.71. The molecule has 1 aromatic carbocycles. The van der Waals surface area contributed by atoms with Gasteiger partial charge in [-0.15, -0.1) is 22.7 Å². The van der Waals surface area contributed by atoms with Crippen LogP contribution in [0.2, 0.25) is 0 Å². The second-order valence-corrected chi connectivity index (χ2v) is 6.16. The van der Waals surface area contributed by atoms with Crippen molar-refractivity contribution in [2.75, 3.05) is 0 Å². The highest BCUT2D eigenvalue weighted by Crippen LogP contribution is 2.33. The van der Waals surface area contributed by atoms with Crippen LogP contribution in [0.5, 0.6) is 0 Å². The molecule has 3 heteroatoms. The van der Waals surface area contributed by atoms with Crippen LogP contribution < -0.4 is 5.73 Å². The third kappa shape index (κ3) is 2.27. The summed E-state index contributed by atoms with van der Waals surface area (Å²) in [5, 5.41) is 2.13. The number of nitrogens with two attached hydrogens (primary N) is 1. The lowest BCUT2D eigenvalue weighted by atomic mass is 10.1. The van der Waals surface area contributed by atoms with Crippen LogP contribution in [0, 0.1) is 0 Å². The molecule has 0 radical (unpaired) electrons. The smallest absolute Gasteiger partial charge is 0.0454 e. The van der Waals surface area contributed by atoms with E-state index in [-0.39, 0.29) is 6.04 Å². The molecule has 0 aliphatic carbocycles. The lowest BCUT2D eigenvalue weighted by Gasteiger charge is -2.08. The van der Waals surface area contributed by atoms with Crippen molar-refractivity contribution in [1.82, 2.24) is 0 Å². The van der Waals surface area contributed by atoms with E-state index in [9.17, 15) is 0 Å². The molecule has 2 heterocycles. The maximum Gasteiger partial charge on any atom is 0.0454 e. The number of benzene rings is 1. The van der Waals surface area contributed by atoms with E-state index in [1.165, 1.54) is 19.8 Å². The van der Waals surface area contributed by atoms with Gasteiger partial charge in [-0.2, -0.15) is 0 Å². The molecule has 0 saturated carbocycles. The van der Waals surface area contributed by atoms with Crippen molar-refractivity contribution in [2.45, 2.75) is 12.5 Å². The van der Waals surface area contributed by atoms with E-state index in [4.69, 9.17) is 5.73 Å². The van der Waals surface area contributed by atoms with Crippen LogP contribution in [0.25, 0.3) is 9.40 Å². The van der Waals surface area contributed by atoms with Gasteiger partial charge in [-0.1, -0.05) is 30.3 Å². The lowest BCUT2D eigenvalue weighted by molar-refractivity contribution is 0.737. The number of thiophene rings is 2. The molecule has 2 aromatic heterocycles. The zero-order valence-corrected chi connectivity index (χ0v) is 10.9. The molecule has 0 aliphatic rings. The van der Waals surface area contributed by atoms with E-state index in [0.29, 0.717) is 0 Å². The Morgan fingerprint density at radius 3 is 2.65 bits per heavy atom. The summed E-state index contributed by atoms with van der Waals surface area (Å²) in [6, 6.07) is 15.0. The standard InChI is InChI=1S/C14H13NS2/c15-11(8-10-4-2-1-3-5-10)13-9-14-12(17-13)6-7-16-14/h1-7,9,11H,8,15H2. The molecular weight excluding hydrogens is 246 g/mol. The molecule has 0 spiro atoms. The van der Waals surface area contributed by atoms with Gasteiger partial charge in [0.05, 0.1) is 0 Å². The minimum Gasteiger partial charge on any atom is -0.323 e. The van der Waals surface area contributed by atoms with Crippen molar-refractivity contribution < 1.29 is 0 Å². The van der Waals surface area contributed by atoms with Gasteiger partial charge in [0.25, 0.3) is 0 Å². The highest BCUT2D eigenvalue weighted by Gasteiger charge is 2.11. The van der Waals surface area contributed by atoms with Gasteiger partial charge in [0.1, 0.15) is 0 Å². The van der Waals surface area contributed by atoms with E-state index in [1.54, 1.807) is 11.3 Å². The van der Waals surface area contributed by atoms with Crippen LogP contribution >= 0.6 is 22.7 Å². The quantitative estimate of drug-likeness (QED) is 0.749. The van der Waals surface area contributed by atoms with Gasteiger partial charge < -0.3 is 5.73 Å². The Balaban J connectivity index is 1.82. The molecular formula is C14H13NS2. The second-order valence-electron chi connectivity index (χ2n) is 4.09. The molecule has 86 valence electrons. The van der Waals surface area contributed by atoms with Gasteiger partial charge in [0.2, 0.25) is 0 Å². The fourth-order valence-electron chi connectivity index (χ4n) is 1.94. The summed E-state index contributed by atoms with van der Waals surface area (Å²) in [6.07, 6.45) is 0.911. The Morgan fingerprint density at radius 2 is 1.88 bits per heavy atom. The maximum atomic E-state index is 6.27. The first-order valence-electron chi connectivity index (χ1n) is 5.59. The maximum absolute atomic E-state index is 6.27. The zero-order chi connectivity index (χ0) is 11.7. The lowest BCUT2D eigenvalue weighted by Crippen LogP contribution is -2.11. The minimum atomic E-state index is 0.113. The Hall–Kier alpha value is -1.16. The fourth-order valence-corrected chi connectivity index (χ4v) is 4.06. The average Bonchev–Trinajstić information content (AvgIpc) is 2.90. The van der Waals surface area contributed by atoms with Gasteiger partial charge in [-0.3, -0.25) is 0 Å². The predicted octanol–water partition coefficient (Wildman–Crippen LogP) is 4.21. The largest absolute Gasteiger partial charge is 0.323 e. The normalized spacial score (nSPS) is 13.0. The van der Waals surface area contributed by atoms with Gasteiger partial charge in [-0.25, -0.2) is 0 Å².